The molecule has 0 aromatic carbocycles. The Morgan fingerprint density at radius 1 is 1.69 bits per heavy atom. The van der Waals surface area contributed by atoms with Crippen LogP contribution in [-0.4, -0.2) is 38.2 Å². The van der Waals surface area contributed by atoms with Gasteiger partial charge in [-0.25, -0.2) is 10.8 Å². The molecule has 0 radical (unpaired) electrons. The summed E-state index contributed by atoms with van der Waals surface area (Å²) in [4.78, 5) is 6.17. The molecule has 1 heterocycles. The van der Waals surface area contributed by atoms with Gasteiger partial charge in [0.1, 0.15) is 0 Å². The maximum absolute atomic E-state index is 5.40. The van der Waals surface area contributed by atoms with Crippen LogP contribution in [0, 0.1) is 0 Å². The largest absolute Gasteiger partial charge is 0.472 e. The van der Waals surface area contributed by atoms with Crippen molar-refractivity contribution in [1.82, 2.24) is 10.3 Å². The number of guanidine groups is 1. The third-order valence-corrected chi connectivity index (χ3v) is 2.05. The summed E-state index contributed by atoms with van der Waals surface area (Å²) in [5.74, 6) is 6.02. The van der Waals surface area contributed by atoms with Gasteiger partial charge >= 0.3 is 0 Å². The van der Waals surface area contributed by atoms with Gasteiger partial charge in [-0.2, -0.15) is 0 Å². The molecular formula is C10H18N4O2. The van der Waals surface area contributed by atoms with Crippen LogP contribution in [0.4, 0.5) is 0 Å². The SMILES string of the molecule is COCCN=C(NN)N(C)Cc1ccoc1. The van der Waals surface area contributed by atoms with E-state index in [9.17, 15) is 0 Å². The van der Waals surface area contributed by atoms with Crippen molar-refractivity contribution in [3.8, 4) is 0 Å². The topological polar surface area (TPSA) is 76.0 Å². The minimum atomic E-state index is 0.574. The predicted octanol–water partition coefficient (Wildman–Crippen LogP) is 0.177. The number of aliphatic imine (C=N–C) groups is 1. The summed E-state index contributed by atoms with van der Waals surface area (Å²) in [6.45, 7) is 1.84. The molecule has 0 amide bonds. The van der Waals surface area contributed by atoms with Gasteiger partial charge in [-0.3, -0.25) is 5.43 Å². The first-order valence-electron chi connectivity index (χ1n) is 5.00. The molecule has 1 rings (SSSR count). The van der Waals surface area contributed by atoms with Crippen molar-refractivity contribution in [2.75, 3.05) is 27.3 Å². The highest BCUT2D eigenvalue weighted by atomic mass is 16.5. The maximum atomic E-state index is 5.40. The van der Waals surface area contributed by atoms with E-state index < -0.39 is 0 Å². The molecule has 0 bridgehead atoms. The lowest BCUT2D eigenvalue weighted by molar-refractivity contribution is 0.207. The normalized spacial score (nSPS) is 11.6. The molecule has 1 aromatic rings. The van der Waals surface area contributed by atoms with Gasteiger partial charge in [-0.15, -0.1) is 0 Å². The lowest BCUT2D eigenvalue weighted by Gasteiger charge is -2.19. The van der Waals surface area contributed by atoms with Gasteiger partial charge in [0.15, 0.2) is 0 Å². The number of nitrogens with one attached hydrogen (secondary N) is 1. The van der Waals surface area contributed by atoms with Crippen LogP contribution < -0.4 is 11.3 Å². The molecule has 0 fully saturated rings. The first kappa shape index (κ1) is 12.5. The third kappa shape index (κ3) is 3.92. The van der Waals surface area contributed by atoms with Crippen molar-refractivity contribution < 1.29 is 9.15 Å². The minimum Gasteiger partial charge on any atom is -0.472 e. The Kier molecular flexibility index (Phi) is 5.38. The van der Waals surface area contributed by atoms with E-state index in [0.29, 0.717) is 25.7 Å². The van der Waals surface area contributed by atoms with Gasteiger partial charge in [0.05, 0.1) is 25.7 Å². The van der Waals surface area contributed by atoms with Gasteiger partial charge in [0.25, 0.3) is 0 Å². The van der Waals surface area contributed by atoms with Crippen LogP contribution >= 0.6 is 0 Å². The fraction of sp³-hybridized carbons (Fsp3) is 0.500. The Bertz CT molecular complexity index is 311. The van der Waals surface area contributed by atoms with Gasteiger partial charge < -0.3 is 14.1 Å². The molecule has 0 spiro atoms. The van der Waals surface area contributed by atoms with Gasteiger partial charge in [-0.1, -0.05) is 0 Å². The number of rotatable bonds is 5. The van der Waals surface area contributed by atoms with Gasteiger partial charge in [0, 0.05) is 26.3 Å². The number of nitrogens with two attached hydrogens (primary N) is 1. The number of furan rings is 1. The van der Waals surface area contributed by atoms with Crippen LogP contribution in [0.15, 0.2) is 28.0 Å². The summed E-state index contributed by atoms with van der Waals surface area (Å²) in [6, 6.07) is 1.90. The average Bonchev–Trinajstić information content (AvgIpc) is 2.77. The summed E-state index contributed by atoms with van der Waals surface area (Å²) < 4.78 is 9.90. The minimum absolute atomic E-state index is 0.574. The molecule has 6 heteroatoms. The van der Waals surface area contributed by atoms with E-state index in [4.69, 9.17) is 15.0 Å². The average molecular weight is 226 g/mol. The monoisotopic (exact) mass is 226 g/mol. The first-order valence-corrected chi connectivity index (χ1v) is 5.00. The number of hydrazine groups is 1. The highest BCUT2D eigenvalue weighted by Crippen LogP contribution is 2.03. The zero-order valence-corrected chi connectivity index (χ0v) is 9.64. The van der Waals surface area contributed by atoms with Crippen LogP contribution in [0.2, 0.25) is 0 Å². The van der Waals surface area contributed by atoms with E-state index in [2.05, 4.69) is 10.4 Å². The molecule has 0 aliphatic carbocycles. The second-order valence-electron chi connectivity index (χ2n) is 3.33. The van der Waals surface area contributed by atoms with E-state index in [1.165, 1.54) is 0 Å². The number of ether oxygens (including phenoxy) is 1. The molecule has 0 saturated carbocycles. The molecule has 90 valence electrons. The molecular weight excluding hydrogens is 208 g/mol. The van der Waals surface area contributed by atoms with Crippen LogP contribution in [0.1, 0.15) is 5.56 Å². The van der Waals surface area contributed by atoms with E-state index in [1.54, 1.807) is 19.6 Å². The van der Waals surface area contributed by atoms with Crippen molar-refractivity contribution in [3.63, 3.8) is 0 Å². The lowest BCUT2D eigenvalue weighted by Crippen LogP contribution is -2.42. The molecule has 1 aromatic heterocycles. The molecule has 0 saturated heterocycles. The van der Waals surface area contributed by atoms with Crippen molar-refractivity contribution >= 4 is 5.96 Å². The second-order valence-corrected chi connectivity index (χ2v) is 3.33. The van der Waals surface area contributed by atoms with Crippen LogP contribution in [0.25, 0.3) is 0 Å². The quantitative estimate of drug-likeness (QED) is 0.246. The van der Waals surface area contributed by atoms with Crippen LogP contribution in [0.5, 0.6) is 0 Å². The third-order valence-electron chi connectivity index (χ3n) is 2.05. The summed E-state index contributed by atoms with van der Waals surface area (Å²) in [6.07, 6.45) is 3.33. The molecule has 0 aliphatic rings. The number of hydrogen-bond donors (Lipinski definition) is 2. The predicted molar refractivity (Wildman–Crippen MR) is 61.7 cm³/mol. The van der Waals surface area contributed by atoms with Crippen molar-refractivity contribution in [2.45, 2.75) is 6.54 Å². The highest BCUT2D eigenvalue weighted by Gasteiger charge is 2.05. The molecule has 6 nitrogen and oxygen atoms in total. The molecule has 0 atom stereocenters. The van der Waals surface area contributed by atoms with Crippen molar-refractivity contribution in [3.05, 3.63) is 24.2 Å². The standard InChI is InChI=1S/C10H18N4O2/c1-14(7-9-3-5-16-8-9)10(13-11)12-4-6-15-2/h3,5,8H,4,6-7,11H2,1-2H3,(H,12,13). The van der Waals surface area contributed by atoms with E-state index in [-0.39, 0.29) is 0 Å². The molecule has 3 N–H and O–H groups in total. The lowest BCUT2D eigenvalue weighted by atomic mass is 10.3. The summed E-state index contributed by atoms with van der Waals surface area (Å²) in [7, 11) is 3.54. The van der Waals surface area contributed by atoms with Crippen LogP contribution in [-0.2, 0) is 11.3 Å². The van der Waals surface area contributed by atoms with Gasteiger partial charge in [-0.05, 0) is 6.07 Å². The summed E-state index contributed by atoms with van der Waals surface area (Å²) in [5.41, 5.74) is 3.63. The zero-order chi connectivity index (χ0) is 11.8. The Morgan fingerprint density at radius 2 is 2.50 bits per heavy atom. The number of methoxy groups -OCH3 is 1. The number of hydrogen-bond acceptors (Lipinski definition) is 4. The Labute approximate surface area is 95.0 Å². The smallest absolute Gasteiger partial charge is 0.208 e. The van der Waals surface area contributed by atoms with Crippen LogP contribution in [0.3, 0.4) is 0 Å². The Morgan fingerprint density at radius 3 is 3.06 bits per heavy atom. The van der Waals surface area contributed by atoms with E-state index >= 15 is 0 Å². The number of nitrogens with zero attached hydrogens (tertiary/aromatic N) is 2. The van der Waals surface area contributed by atoms with Crippen molar-refractivity contribution in [1.29, 1.82) is 0 Å². The Hall–Kier alpha value is -1.53. The van der Waals surface area contributed by atoms with E-state index in [0.717, 1.165) is 5.56 Å². The Balaban J connectivity index is 2.48. The molecule has 16 heavy (non-hydrogen) atoms. The van der Waals surface area contributed by atoms with Crippen molar-refractivity contribution in [2.24, 2.45) is 10.8 Å². The summed E-state index contributed by atoms with van der Waals surface area (Å²) >= 11 is 0. The fourth-order valence-electron chi connectivity index (χ4n) is 1.25. The zero-order valence-electron chi connectivity index (χ0n) is 9.64. The maximum Gasteiger partial charge on any atom is 0.208 e. The summed E-state index contributed by atoms with van der Waals surface area (Å²) in [5, 5.41) is 0. The first-order chi connectivity index (χ1) is 7.77. The fourth-order valence-corrected chi connectivity index (χ4v) is 1.25. The molecule has 0 unspecified atom stereocenters. The van der Waals surface area contributed by atoms with Gasteiger partial charge in [0.2, 0.25) is 5.96 Å². The second kappa shape index (κ2) is 6.86. The highest BCUT2D eigenvalue weighted by molar-refractivity contribution is 5.79. The van der Waals surface area contributed by atoms with E-state index in [1.807, 2.05) is 18.0 Å². The molecule has 0 aliphatic heterocycles.